The number of hydrogen-bond acceptors (Lipinski definition) is 4. The first-order chi connectivity index (χ1) is 14.1. The average Bonchev–Trinajstić information content (AvgIpc) is 3.16. The third kappa shape index (κ3) is 4.50. The Labute approximate surface area is 173 Å². The summed E-state index contributed by atoms with van der Waals surface area (Å²) < 4.78 is 3.23. The maximum atomic E-state index is 12.8. The van der Waals surface area contributed by atoms with E-state index in [-0.39, 0.29) is 17.4 Å². The van der Waals surface area contributed by atoms with Gasteiger partial charge in [0.05, 0.1) is 19.3 Å². The lowest BCUT2D eigenvalue weighted by atomic mass is 9.89. The van der Waals surface area contributed by atoms with Crippen molar-refractivity contribution in [1.29, 1.82) is 0 Å². The monoisotopic (exact) mass is 413 g/mol. The van der Waals surface area contributed by atoms with E-state index in [1.54, 1.807) is 27.6 Å². The van der Waals surface area contributed by atoms with Crippen molar-refractivity contribution < 1.29 is 4.79 Å². The molecule has 7 nitrogen and oxygen atoms in total. The van der Waals surface area contributed by atoms with E-state index in [9.17, 15) is 9.59 Å². The molecule has 1 saturated carbocycles. The van der Waals surface area contributed by atoms with Gasteiger partial charge < -0.3 is 5.32 Å². The minimum Gasteiger partial charge on any atom is -0.354 e. The smallest absolute Gasteiger partial charge is 0.264 e. The van der Waals surface area contributed by atoms with Crippen molar-refractivity contribution >= 4 is 28.5 Å². The summed E-state index contributed by atoms with van der Waals surface area (Å²) in [6, 6.07) is 7.37. The zero-order valence-electron chi connectivity index (χ0n) is 16.2. The molecule has 8 heteroatoms. The zero-order valence-corrected chi connectivity index (χ0v) is 16.9. The molecular formula is C21H24ClN5O2. The van der Waals surface area contributed by atoms with Gasteiger partial charge in [0, 0.05) is 17.5 Å². The molecule has 29 heavy (non-hydrogen) atoms. The van der Waals surface area contributed by atoms with Gasteiger partial charge >= 0.3 is 0 Å². The van der Waals surface area contributed by atoms with Gasteiger partial charge in [0.25, 0.3) is 5.56 Å². The standard InChI is InChI=1S/C21H24ClN5O2/c22-17-8-6-15(7-9-17)13-26-14-24-19-18(21(26)29)12-25-27(19)11-10-23-20(28)16-4-2-1-3-5-16/h6-9,12,14,16H,1-5,10-11,13H2,(H,23,28). The van der Waals surface area contributed by atoms with E-state index in [1.807, 2.05) is 12.1 Å². The predicted octanol–water partition coefficient (Wildman–Crippen LogP) is 2.99. The van der Waals surface area contributed by atoms with Crippen LogP contribution in [0.3, 0.4) is 0 Å². The van der Waals surface area contributed by atoms with Gasteiger partial charge in [-0.2, -0.15) is 5.10 Å². The summed E-state index contributed by atoms with van der Waals surface area (Å²) in [5, 5.41) is 8.43. The molecule has 152 valence electrons. The molecule has 0 spiro atoms. The SMILES string of the molecule is O=C(NCCn1ncc2c(=O)n(Cc3ccc(Cl)cc3)cnc21)C1CCCCC1. The van der Waals surface area contributed by atoms with Crippen molar-refractivity contribution in [3.8, 4) is 0 Å². The number of amides is 1. The van der Waals surface area contributed by atoms with E-state index >= 15 is 0 Å². The molecule has 1 aromatic carbocycles. The van der Waals surface area contributed by atoms with Crippen LogP contribution in [0.5, 0.6) is 0 Å². The number of rotatable bonds is 6. The van der Waals surface area contributed by atoms with Crippen molar-refractivity contribution in [2.24, 2.45) is 5.92 Å². The summed E-state index contributed by atoms with van der Waals surface area (Å²) in [5.74, 6) is 0.260. The van der Waals surface area contributed by atoms with Gasteiger partial charge in [-0.25, -0.2) is 9.67 Å². The Balaban J connectivity index is 1.42. The minimum absolute atomic E-state index is 0.124. The Morgan fingerprint density at radius 3 is 2.69 bits per heavy atom. The first-order valence-corrected chi connectivity index (χ1v) is 10.4. The van der Waals surface area contributed by atoms with Crippen LogP contribution in [-0.2, 0) is 17.9 Å². The fraction of sp³-hybridized carbons (Fsp3) is 0.429. The fourth-order valence-corrected chi connectivity index (χ4v) is 3.98. The van der Waals surface area contributed by atoms with Crippen molar-refractivity contribution in [3.63, 3.8) is 0 Å². The Bertz CT molecular complexity index is 1050. The van der Waals surface area contributed by atoms with Crippen LogP contribution in [0.1, 0.15) is 37.7 Å². The Hall–Kier alpha value is -2.67. The van der Waals surface area contributed by atoms with Crippen molar-refractivity contribution in [3.05, 3.63) is 57.7 Å². The van der Waals surface area contributed by atoms with Crippen LogP contribution in [-0.4, -0.2) is 31.8 Å². The van der Waals surface area contributed by atoms with Gasteiger partial charge in [-0.15, -0.1) is 0 Å². The molecule has 0 unspecified atom stereocenters. The van der Waals surface area contributed by atoms with Crippen LogP contribution >= 0.6 is 11.6 Å². The molecular weight excluding hydrogens is 390 g/mol. The highest BCUT2D eigenvalue weighted by Crippen LogP contribution is 2.23. The van der Waals surface area contributed by atoms with Gasteiger partial charge in [0.1, 0.15) is 11.7 Å². The molecule has 1 aliphatic carbocycles. The molecule has 1 aliphatic rings. The number of carbonyl (C=O) groups is 1. The Morgan fingerprint density at radius 1 is 1.17 bits per heavy atom. The van der Waals surface area contributed by atoms with Crippen LogP contribution in [0.2, 0.25) is 5.02 Å². The van der Waals surface area contributed by atoms with Gasteiger partial charge in [0.2, 0.25) is 5.91 Å². The Kier molecular flexibility index (Phi) is 5.94. The number of nitrogens with one attached hydrogen (secondary N) is 1. The number of benzene rings is 1. The first-order valence-electron chi connectivity index (χ1n) is 10.0. The van der Waals surface area contributed by atoms with Crippen LogP contribution in [0, 0.1) is 5.92 Å². The first kappa shape index (κ1) is 19.6. The molecule has 0 bridgehead atoms. The lowest BCUT2D eigenvalue weighted by Crippen LogP contribution is -2.34. The quantitative estimate of drug-likeness (QED) is 0.673. The molecule has 1 N–H and O–H groups in total. The van der Waals surface area contributed by atoms with Crippen LogP contribution < -0.4 is 10.9 Å². The number of aromatic nitrogens is 4. The van der Waals surface area contributed by atoms with Gasteiger partial charge in [-0.05, 0) is 30.5 Å². The third-order valence-corrected chi connectivity index (χ3v) is 5.74. The lowest BCUT2D eigenvalue weighted by Gasteiger charge is -2.20. The lowest BCUT2D eigenvalue weighted by molar-refractivity contribution is -0.125. The number of carbonyl (C=O) groups excluding carboxylic acids is 1. The molecule has 2 aromatic heterocycles. The Morgan fingerprint density at radius 2 is 1.93 bits per heavy atom. The third-order valence-electron chi connectivity index (χ3n) is 5.49. The molecule has 0 radical (unpaired) electrons. The second kappa shape index (κ2) is 8.78. The van der Waals surface area contributed by atoms with Crippen LogP contribution in [0.25, 0.3) is 11.0 Å². The topological polar surface area (TPSA) is 81.8 Å². The van der Waals surface area contributed by atoms with Crippen molar-refractivity contribution in [2.75, 3.05) is 6.54 Å². The highest BCUT2D eigenvalue weighted by Gasteiger charge is 2.20. The summed E-state index contributed by atoms with van der Waals surface area (Å²) in [4.78, 5) is 29.5. The van der Waals surface area contributed by atoms with Gasteiger partial charge in [-0.3, -0.25) is 14.2 Å². The van der Waals surface area contributed by atoms with Crippen molar-refractivity contribution in [2.45, 2.75) is 45.2 Å². The normalized spacial score (nSPS) is 14.9. The second-order valence-corrected chi connectivity index (χ2v) is 7.97. The summed E-state index contributed by atoms with van der Waals surface area (Å²) in [6.45, 7) is 1.37. The minimum atomic E-state index is -0.137. The second-order valence-electron chi connectivity index (χ2n) is 7.54. The molecule has 0 saturated heterocycles. The fourth-order valence-electron chi connectivity index (χ4n) is 3.85. The summed E-state index contributed by atoms with van der Waals surface area (Å²) in [7, 11) is 0. The van der Waals surface area contributed by atoms with Crippen LogP contribution in [0.4, 0.5) is 0 Å². The van der Waals surface area contributed by atoms with Gasteiger partial charge in [-0.1, -0.05) is 43.0 Å². The number of fused-ring (bicyclic) bond motifs is 1. The molecule has 2 heterocycles. The van der Waals surface area contributed by atoms with E-state index in [1.165, 1.54) is 12.7 Å². The maximum absolute atomic E-state index is 12.8. The average molecular weight is 414 g/mol. The number of nitrogens with zero attached hydrogens (tertiary/aromatic N) is 4. The summed E-state index contributed by atoms with van der Waals surface area (Å²) in [5.41, 5.74) is 1.37. The summed E-state index contributed by atoms with van der Waals surface area (Å²) >= 11 is 5.91. The maximum Gasteiger partial charge on any atom is 0.264 e. The zero-order chi connectivity index (χ0) is 20.2. The predicted molar refractivity (Wildman–Crippen MR) is 112 cm³/mol. The molecule has 1 amide bonds. The van der Waals surface area contributed by atoms with E-state index in [0.717, 1.165) is 31.2 Å². The highest BCUT2D eigenvalue weighted by molar-refractivity contribution is 6.30. The molecule has 1 fully saturated rings. The molecule has 0 aliphatic heterocycles. The van der Waals surface area contributed by atoms with Gasteiger partial charge in [0.15, 0.2) is 5.65 Å². The number of halogens is 1. The van der Waals surface area contributed by atoms with E-state index in [2.05, 4.69) is 15.4 Å². The van der Waals surface area contributed by atoms with E-state index in [4.69, 9.17) is 11.6 Å². The summed E-state index contributed by atoms with van der Waals surface area (Å²) in [6.07, 6.45) is 8.53. The van der Waals surface area contributed by atoms with Crippen LogP contribution in [0.15, 0.2) is 41.6 Å². The highest BCUT2D eigenvalue weighted by atomic mass is 35.5. The molecule has 3 aromatic rings. The van der Waals surface area contributed by atoms with Crippen molar-refractivity contribution in [1.82, 2.24) is 24.6 Å². The van der Waals surface area contributed by atoms with E-state index in [0.29, 0.717) is 35.7 Å². The molecule has 4 rings (SSSR count). The number of hydrogen-bond donors (Lipinski definition) is 1. The largest absolute Gasteiger partial charge is 0.354 e. The van der Waals surface area contributed by atoms with E-state index < -0.39 is 0 Å². The molecule has 0 atom stereocenters.